The van der Waals surface area contributed by atoms with Gasteiger partial charge in [0.2, 0.25) is 5.84 Å². The van der Waals surface area contributed by atoms with E-state index in [9.17, 15) is 30.9 Å². The number of amidine groups is 1. The second kappa shape index (κ2) is 7.16. The van der Waals surface area contributed by atoms with E-state index in [1.807, 2.05) is 0 Å². The van der Waals surface area contributed by atoms with Crippen LogP contribution in [0.1, 0.15) is 0 Å². The van der Waals surface area contributed by atoms with Crippen molar-refractivity contribution in [3.8, 4) is 0 Å². The number of nitrogens with zero attached hydrogens (tertiary/aromatic N) is 1. The molecule has 0 aromatic heterocycles. The molecule has 0 aliphatic rings. The van der Waals surface area contributed by atoms with Crippen molar-refractivity contribution in [2.24, 2.45) is 10.7 Å². The number of benzene rings is 1. The van der Waals surface area contributed by atoms with Crippen molar-refractivity contribution in [1.82, 2.24) is 0 Å². The SMILES string of the molecule is NC(=Nc1cc([S+]([O-])C(F)C(F)F)c(Cl)cc1Cl)C(F)(F)F. The van der Waals surface area contributed by atoms with Crippen LogP contribution in [0.15, 0.2) is 22.0 Å². The molecule has 3 nitrogen and oxygen atoms in total. The van der Waals surface area contributed by atoms with E-state index < -0.39 is 55.7 Å². The maximum absolute atomic E-state index is 13.1. The first kappa shape index (κ1) is 19.2. The molecule has 0 fully saturated rings. The van der Waals surface area contributed by atoms with Crippen molar-refractivity contribution >= 4 is 45.9 Å². The molecular weight excluding hydrogens is 381 g/mol. The molecule has 1 rings (SSSR count). The summed E-state index contributed by atoms with van der Waals surface area (Å²) >= 11 is 8.24. The highest BCUT2D eigenvalue weighted by Crippen LogP contribution is 2.36. The Morgan fingerprint density at radius 2 is 1.73 bits per heavy atom. The third-order valence-electron chi connectivity index (χ3n) is 2.15. The Labute approximate surface area is 133 Å². The monoisotopic (exact) mass is 386 g/mol. The van der Waals surface area contributed by atoms with Crippen molar-refractivity contribution in [2.75, 3.05) is 0 Å². The Balaban J connectivity index is 3.32. The van der Waals surface area contributed by atoms with E-state index in [0.29, 0.717) is 6.07 Å². The van der Waals surface area contributed by atoms with Crippen LogP contribution in [-0.4, -0.2) is 28.5 Å². The van der Waals surface area contributed by atoms with Gasteiger partial charge in [0.05, 0.1) is 15.7 Å². The van der Waals surface area contributed by atoms with Crippen molar-refractivity contribution in [2.45, 2.75) is 23.0 Å². The minimum atomic E-state index is -4.96. The standard InChI is InChI=1S/C10H6Cl2F6N2OS/c11-3-1-4(12)6(22(21)8(15)7(13)14)2-5(3)20-9(19)10(16,17)18/h1-2,7-8H,(H2,19,20). The van der Waals surface area contributed by atoms with Gasteiger partial charge >= 0.3 is 18.1 Å². The fraction of sp³-hybridized carbons (Fsp3) is 0.300. The van der Waals surface area contributed by atoms with Gasteiger partial charge in [0, 0.05) is 17.2 Å². The summed E-state index contributed by atoms with van der Waals surface area (Å²) < 4.78 is 86.0. The van der Waals surface area contributed by atoms with Crippen LogP contribution in [-0.2, 0) is 11.2 Å². The van der Waals surface area contributed by atoms with Crippen molar-refractivity contribution < 1.29 is 30.9 Å². The van der Waals surface area contributed by atoms with Gasteiger partial charge in [-0.15, -0.1) is 0 Å². The summed E-state index contributed by atoms with van der Waals surface area (Å²) in [6, 6.07) is 1.41. The van der Waals surface area contributed by atoms with Crippen LogP contribution in [0.4, 0.5) is 32.0 Å². The number of rotatable bonds is 4. The van der Waals surface area contributed by atoms with E-state index in [4.69, 9.17) is 23.2 Å². The van der Waals surface area contributed by atoms with E-state index in [1.54, 1.807) is 0 Å². The Bertz CT molecular complexity index is 583. The Hall–Kier alpha value is -0.840. The second-order valence-electron chi connectivity index (χ2n) is 3.71. The molecule has 0 saturated heterocycles. The maximum Gasteiger partial charge on any atom is 0.448 e. The molecule has 2 unspecified atom stereocenters. The Morgan fingerprint density at radius 3 is 2.18 bits per heavy atom. The van der Waals surface area contributed by atoms with Crippen molar-refractivity contribution in [3.63, 3.8) is 0 Å². The molecule has 124 valence electrons. The van der Waals surface area contributed by atoms with Crippen LogP contribution >= 0.6 is 23.2 Å². The average molecular weight is 387 g/mol. The highest BCUT2D eigenvalue weighted by molar-refractivity contribution is 7.92. The van der Waals surface area contributed by atoms with Crippen molar-refractivity contribution in [1.29, 1.82) is 0 Å². The van der Waals surface area contributed by atoms with Crippen LogP contribution in [0.2, 0.25) is 10.0 Å². The second-order valence-corrected chi connectivity index (χ2v) is 6.01. The molecule has 22 heavy (non-hydrogen) atoms. The summed E-state index contributed by atoms with van der Waals surface area (Å²) in [5, 5.41) is -0.874. The number of halogens is 8. The van der Waals surface area contributed by atoms with Gasteiger partial charge in [-0.2, -0.15) is 17.6 Å². The molecule has 12 heteroatoms. The largest absolute Gasteiger partial charge is 0.609 e. The van der Waals surface area contributed by atoms with E-state index in [-0.39, 0.29) is 0 Å². The summed E-state index contributed by atoms with van der Waals surface area (Å²) in [7, 11) is 0. The topological polar surface area (TPSA) is 61.4 Å². The molecule has 0 heterocycles. The molecule has 0 aliphatic heterocycles. The molecular formula is C10H6Cl2F6N2OS. The smallest absolute Gasteiger partial charge is 0.448 e. The number of alkyl halides is 6. The van der Waals surface area contributed by atoms with Gasteiger partial charge in [-0.25, -0.2) is 13.8 Å². The molecule has 0 spiro atoms. The minimum absolute atomic E-state index is 0.412. The fourth-order valence-corrected chi connectivity index (χ4v) is 2.73. The first-order chi connectivity index (χ1) is 9.95. The number of nitrogens with two attached hydrogens (primary N) is 1. The first-order valence-corrected chi connectivity index (χ1v) is 7.15. The number of aliphatic imine (C=N–C) groups is 1. The molecule has 0 radical (unpaired) electrons. The van der Waals surface area contributed by atoms with E-state index in [1.165, 1.54) is 0 Å². The van der Waals surface area contributed by atoms with Gasteiger partial charge in [0.15, 0.2) is 4.90 Å². The zero-order valence-electron chi connectivity index (χ0n) is 10.2. The van der Waals surface area contributed by atoms with Gasteiger partial charge in [0.25, 0.3) is 0 Å². The van der Waals surface area contributed by atoms with E-state index in [2.05, 4.69) is 10.7 Å². The van der Waals surface area contributed by atoms with Crippen molar-refractivity contribution in [3.05, 3.63) is 22.2 Å². The fourth-order valence-electron chi connectivity index (χ4n) is 1.17. The third-order valence-corrected chi connectivity index (χ3v) is 4.27. The highest BCUT2D eigenvalue weighted by Gasteiger charge is 2.36. The zero-order valence-corrected chi connectivity index (χ0v) is 12.5. The van der Waals surface area contributed by atoms with Crippen LogP contribution in [0.25, 0.3) is 0 Å². The van der Waals surface area contributed by atoms with E-state index >= 15 is 0 Å². The molecule has 1 aromatic carbocycles. The lowest BCUT2D eigenvalue weighted by atomic mass is 10.3. The maximum atomic E-state index is 13.1. The van der Waals surface area contributed by atoms with Gasteiger partial charge in [-0.05, 0) is 6.07 Å². The van der Waals surface area contributed by atoms with Crippen LogP contribution in [0.5, 0.6) is 0 Å². The van der Waals surface area contributed by atoms with Gasteiger partial charge in [0.1, 0.15) is 0 Å². The molecule has 2 atom stereocenters. The Kier molecular flexibility index (Phi) is 6.25. The predicted molar refractivity (Wildman–Crippen MR) is 71.1 cm³/mol. The van der Waals surface area contributed by atoms with Crippen LogP contribution in [0.3, 0.4) is 0 Å². The highest BCUT2D eigenvalue weighted by atomic mass is 35.5. The quantitative estimate of drug-likeness (QED) is 0.364. The molecule has 0 bridgehead atoms. The first-order valence-electron chi connectivity index (χ1n) is 5.18. The number of hydrogen-bond donors (Lipinski definition) is 1. The van der Waals surface area contributed by atoms with Gasteiger partial charge < -0.3 is 10.3 Å². The summed E-state index contributed by atoms with van der Waals surface area (Å²) in [6.45, 7) is 0. The molecule has 0 aliphatic carbocycles. The summed E-state index contributed by atoms with van der Waals surface area (Å²) in [6.07, 6.45) is -8.53. The summed E-state index contributed by atoms with van der Waals surface area (Å²) in [5.74, 6) is -1.78. The summed E-state index contributed by atoms with van der Waals surface area (Å²) in [5.41, 5.74) is 0.980. The predicted octanol–water partition coefficient (Wildman–Crippen LogP) is 4.21. The third kappa shape index (κ3) is 4.58. The lowest BCUT2D eigenvalue weighted by Gasteiger charge is -2.16. The molecule has 0 saturated carbocycles. The number of hydrogen-bond acceptors (Lipinski definition) is 2. The summed E-state index contributed by atoms with van der Waals surface area (Å²) in [4.78, 5) is 2.28. The van der Waals surface area contributed by atoms with E-state index in [0.717, 1.165) is 6.07 Å². The average Bonchev–Trinajstić information content (AvgIpc) is 2.38. The zero-order chi connectivity index (χ0) is 17.2. The molecule has 1 aromatic rings. The molecule has 0 amide bonds. The van der Waals surface area contributed by atoms with Crippen LogP contribution in [0, 0.1) is 0 Å². The minimum Gasteiger partial charge on any atom is -0.609 e. The van der Waals surface area contributed by atoms with Gasteiger partial charge in [-0.3, -0.25) is 0 Å². The normalized spacial score (nSPS) is 16.0. The van der Waals surface area contributed by atoms with Crippen LogP contribution < -0.4 is 5.73 Å². The molecule has 2 N–H and O–H groups in total. The lowest BCUT2D eigenvalue weighted by Crippen LogP contribution is -2.31. The lowest BCUT2D eigenvalue weighted by molar-refractivity contribution is -0.0597. The Morgan fingerprint density at radius 1 is 1.18 bits per heavy atom. The van der Waals surface area contributed by atoms with Gasteiger partial charge in [-0.1, -0.05) is 23.2 Å².